The summed E-state index contributed by atoms with van der Waals surface area (Å²) < 4.78 is 0. The Hall–Kier alpha value is -1.32. The van der Waals surface area contributed by atoms with Crippen molar-refractivity contribution in [2.24, 2.45) is 5.92 Å². The predicted octanol–water partition coefficient (Wildman–Crippen LogP) is 2.49. The van der Waals surface area contributed by atoms with Gasteiger partial charge < -0.3 is 10.3 Å². The molecule has 94 valence electrons. The van der Waals surface area contributed by atoms with E-state index >= 15 is 0 Å². The van der Waals surface area contributed by atoms with Crippen molar-refractivity contribution in [3.63, 3.8) is 0 Å². The maximum Gasteiger partial charge on any atom is 0.252 e. The molecule has 0 amide bonds. The number of hydrogen-bond donors (Lipinski definition) is 2. The first-order valence-corrected chi connectivity index (χ1v) is 6.42. The van der Waals surface area contributed by atoms with Crippen molar-refractivity contribution in [3.8, 4) is 0 Å². The Balaban J connectivity index is 2.13. The predicted molar refractivity (Wildman–Crippen MR) is 69.4 cm³/mol. The van der Waals surface area contributed by atoms with Gasteiger partial charge in [-0.1, -0.05) is 20.8 Å². The molecule has 1 aliphatic rings. The fraction of sp³-hybridized carbons (Fsp3) is 0.692. The van der Waals surface area contributed by atoms with Crippen LogP contribution < -0.4 is 10.9 Å². The molecule has 1 fully saturated rings. The molecule has 0 aliphatic heterocycles. The molecule has 17 heavy (non-hydrogen) atoms. The summed E-state index contributed by atoms with van der Waals surface area (Å²) in [6.45, 7) is 6.33. The molecule has 1 aliphatic carbocycles. The Morgan fingerprint density at radius 3 is 2.82 bits per heavy atom. The van der Waals surface area contributed by atoms with Crippen molar-refractivity contribution in [2.45, 2.75) is 52.0 Å². The summed E-state index contributed by atoms with van der Waals surface area (Å²) in [4.78, 5) is 18.7. The molecule has 2 N–H and O–H groups in total. The van der Waals surface area contributed by atoms with Gasteiger partial charge in [-0.2, -0.15) is 0 Å². The SMILES string of the molecule is CC1CCC(Nc2cc(=O)[nH]c(C(C)C)n2)C1. The van der Waals surface area contributed by atoms with E-state index in [9.17, 15) is 4.79 Å². The molecule has 0 spiro atoms. The molecule has 4 nitrogen and oxygen atoms in total. The van der Waals surface area contributed by atoms with Crippen LogP contribution in [-0.4, -0.2) is 16.0 Å². The maximum absolute atomic E-state index is 11.5. The summed E-state index contributed by atoms with van der Waals surface area (Å²) in [5.41, 5.74) is -0.0720. The summed E-state index contributed by atoms with van der Waals surface area (Å²) in [5, 5.41) is 3.38. The molecule has 2 atom stereocenters. The molecule has 1 saturated carbocycles. The average Bonchev–Trinajstić information content (AvgIpc) is 2.63. The van der Waals surface area contributed by atoms with Gasteiger partial charge in [0.25, 0.3) is 5.56 Å². The number of nitrogens with one attached hydrogen (secondary N) is 2. The molecule has 1 aromatic rings. The van der Waals surface area contributed by atoms with E-state index in [0.717, 1.165) is 17.6 Å². The molecule has 2 unspecified atom stereocenters. The summed E-state index contributed by atoms with van der Waals surface area (Å²) in [6.07, 6.45) is 3.61. The van der Waals surface area contributed by atoms with Gasteiger partial charge in [-0.25, -0.2) is 4.98 Å². The molecule has 4 heteroatoms. The van der Waals surface area contributed by atoms with Gasteiger partial charge in [-0.3, -0.25) is 4.79 Å². The highest BCUT2D eigenvalue weighted by Crippen LogP contribution is 2.26. The Morgan fingerprint density at radius 2 is 2.24 bits per heavy atom. The Kier molecular flexibility index (Phi) is 3.50. The van der Waals surface area contributed by atoms with Crippen LogP contribution in [0.1, 0.15) is 51.8 Å². The lowest BCUT2D eigenvalue weighted by Gasteiger charge is -2.14. The van der Waals surface area contributed by atoms with E-state index in [1.165, 1.54) is 19.3 Å². The van der Waals surface area contributed by atoms with Crippen molar-refractivity contribution in [1.82, 2.24) is 9.97 Å². The second kappa shape index (κ2) is 4.90. The van der Waals surface area contributed by atoms with Gasteiger partial charge in [0.05, 0.1) is 0 Å². The van der Waals surface area contributed by atoms with Gasteiger partial charge in [0.2, 0.25) is 0 Å². The van der Waals surface area contributed by atoms with Crippen LogP contribution in [0.2, 0.25) is 0 Å². The lowest BCUT2D eigenvalue weighted by molar-refractivity contribution is 0.602. The van der Waals surface area contributed by atoms with Crippen molar-refractivity contribution in [2.75, 3.05) is 5.32 Å². The second-order valence-corrected chi connectivity index (χ2v) is 5.43. The smallest absolute Gasteiger partial charge is 0.252 e. The Labute approximate surface area is 102 Å². The second-order valence-electron chi connectivity index (χ2n) is 5.43. The van der Waals surface area contributed by atoms with Crippen LogP contribution >= 0.6 is 0 Å². The minimum absolute atomic E-state index is 0.0720. The number of hydrogen-bond acceptors (Lipinski definition) is 3. The van der Waals surface area contributed by atoms with Crippen molar-refractivity contribution in [3.05, 3.63) is 22.2 Å². The van der Waals surface area contributed by atoms with Gasteiger partial charge >= 0.3 is 0 Å². The lowest BCUT2D eigenvalue weighted by Crippen LogP contribution is -2.20. The zero-order chi connectivity index (χ0) is 12.4. The summed E-state index contributed by atoms with van der Waals surface area (Å²) in [7, 11) is 0. The first-order valence-electron chi connectivity index (χ1n) is 6.42. The third-order valence-corrected chi connectivity index (χ3v) is 3.35. The molecule has 1 aromatic heterocycles. The van der Waals surface area contributed by atoms with Crippen LogP contribution in [0.15, 0.2) is 10.9 Å². The molecule has 0 saturated heterocycles. The van der Waals surface area contributed by atoms with Crippen molar-refractivity contribution in [1.29, 1.82) is 0 Å². The molecule has 0 aromatic carbocycles. The van der Waals surface area contributed by atoms with E-state index in [-0.39, 0.29) is 11.5 Å². The topological polar surface area (TPSA) is 57.8 Å². The van der Waals surface area contributed by atoms with Gasteiger partial charge in [-0.05, 0) is 25.2 Å². The summed E-state index contributed by atoms with van der Waals surface area (Å²) >= 11 is 0. The standard InChI is InChI=1S/C13H21N3O/c1-8(2)13-15-11(7-12(17)16-13)14-10-5-4-9(3)6-10/h7-10H,4-6H2,1-3H3,(H2,14,15,16,17). The maximum atomic E-state index is 11.5. The highest BCUT2D eigenvalue weighted by molar-refractivity contribution is 5.35. The van der Waals surface area contributed by atoms with Gasteiger partial charge in [0, 0.05) is 18.0 Å². The average molecular weight is 235 g/mol. The number of nitrogens with zero attached hydrogens (tertiary/aromatic N) is 1. The summed E-state index contributed by atoms with van der Waals surface area (Å²) in [5.74, 6) is 2.49. The normalized spacial score (nSPS) is 24.2. The van der Waals surface area contributed by atoms with Crippen molar-refractivity contribution < 1.29 is 0 Å². The monoisotopic (exact) mass is 235 g/mol. The number of anilines is 1. The summed E-state index contributed by atoms with van der Waals surface area (Å²) in [6, 6.07) is 2.02. The zero-order valence-electron chi connectivity index (χ0n) is 10.8. The van der Waals surface area contributed by atoms with Gasteiger partial charge in [0.15, 0.2) is 0 Å². The van der Waals surface area contributed by atoms with Gasteiger partial charge in [0.1, 0.15) is 11.6 Å². The van der Waals surface area contributed by atoms with Crippen LogP contribution in [0.5, 0.6) is 0 Å². The number of aromatic amines is 1. The fourth-order valence-corrected chi connectivity index (χ4v) is 2.37. The quantitative estimate of drug-likeness (QED) is 0.846. The lowest BCUT2D eigenvalue weighted by atomic mass is 10.1. The van der Waals surface area contributed by atoms with Crippen LogP contribution in [0, 0.1) is 5.92 Å². The number of H-pyrrole nitrogens is 1. The third-order valence-electron chi connectivity index (χ3n) is 3.35. The molecule has 0 bridgehead atoms. The molecule has 2 rings (SSSR count). The molecular formula is C13H21N3O. The van der Waals surface area contributed by atoms with E-state index < -0.39 is 0 Å². The van der Waals surface area contributed by atoms with Crippen LogP contribution in [0.3, 0.4) is 0 Å². The highest BCUT2D eigenvalue weighted by atomic mass is 16.1. The molecular weight excluding hydrogens is 214 g/mol. The zero-order valence-corrected chi connectivity index (χ0v) is 10.8. The fourth-order valence-electron chi connectivity index (χ4n) is 2.37. The minimum Gasteiger partial charge on any atom is -0.367 e. The first kappa shape index (κ1) is 12.1. The first-order chi connectivity index (χ1) is 8.04. The highest BCUT2D eigenvalue weighted by Gasteiger charge is 2.21. The van der Waals surface area contributed by atoms with Crippen LogP contribution in [0.4, 0.5) is 5.82 Å². The van der Waals surface area contributed by atoms with Crippen LogP contribution in [-0.2, 0) is 0 Å². The Morgan fingerprint density at radius 1 is 1.47 bits per heavy atom. The van der Waals surface area contributed by atoms with E-state index in [1.54, 1.807) is 6.07 Å². The molecule has 1 heterocycles. The Bertz CT molecular complexity index is 439. The minimum atomic E-state index is -0.0720. The largest absolute Gasteiger partial charge is 0.367 e. The molecule has 0 radical (unpaired) electrons. The van der Waals surface area contributed by atoms with E-state index in [4.69, 9.17) is 0 Å². The third kappa shape index (κ3) is 3.08. The van der Waals surface area contributed by atoms with E-state index in [1.807, 2.05) is 13.8 Å². The van der Waals surface area contributed by atoms with Crippen LogP contribution in [0.25, 0.3) is 0 Å². The van der Waals surface area contributed by atoms with E-state index in [0.29, 0.717) is 6.04 Å². The number of aromatic nitrogens is 2. The number of rotatable bonds is 3. The van der Waals surface area contributed by atoms with Gasteiger partial charge in [-0.15, -0.1) is 0 Å². The van der Waals surface area contributed by atoms with E-state index in [2.05, 4.69) is 22.2 Å². The van der Waals surface area contributed by atoms with Crippen molar-refractivity contribution >= 4 is 5.82 Å².